The Balaban J connectivity index is 1.98. The lowest BCUT2D eigenvalue weighted by Crippen LogP contribution is -2.44. The number of ketones is 1. The van der Waals surface area contributed by atoms with Crippen LogP contribution in [-0.2, 0) is 0 Å². The SMILES string of the molecule is CCCC(=O)c1cccc(NC2CC(F)(F)C2)n1. The molecule has 1 aliphatic rings. The molecule has 98 valence electrons. The van der Waals surface area contributed by atoms with Crippen LogP contribution in [0.2, 0.25) is 0 Å². The van der Waals surface area contributed by atoms with Crippen molar-refractivity contribution < 1.29 is 13.6 Å². The van der Waals surface area contributed by atoms with Gasteiger partial charge < -0.3 is 5.32 Å². The van der Waals surface area contributed by atoms with Gasteiger partial charge in [-0.3, -0.25) is 4.79 Å². The molecule has 0 aromatic carbocycles. The highest BCUT2D eigenvalue weighted by molar-refractivity contribution is 5.94. The van der Waals surface area contributed by atoms with Gasteiger partial charge in [0.1, 0.15) is 11.5 Å². The molecular formula is C13H16F2N2O. The third-order valence-corrected chi connectivity index (χ3v) is 2.95. The van der Waals surface area contributed by atoms with E-state index >= 15 is 0 Å². The summed E-state index contributed by atoms with van der Waals surface area (Å²) in [5, 5.41) is 2.93. The molecule has 0 saturated heterocycles. The van der Waals surface area contributed by atoms with E-state index in [1.807, 2.05) is 6.92 Å². The molecule has 2 rings (SSSR count). The molecule has 0 amide bonds. The third kappa shape index (κ3) is 3.03. The highest BCUT2D eigenvalue weighted by Crippen LogP contribution is 2.38. The number of nitrogens with zero attached hydrogens (tertiary/aromatic N) is 1. The average Bonchev–Trinajstić information content (AvgIpc) is 2.27. The Morgan fingerprint density at radius 2 is 2.22 bits per heavy atom. The molecule has 1 fully saturated rings. The molecule has 0 atom stereocenters. The maximum absolute atomic E-state index is 12.7. The molecule has 1 aromatic heterocycles. The van der Waals surface area contributed by atoms with Crippen LogP contribution in [0.3, 0.4) is 0 Å². The van der Waals surface area contributed by atoms with E-state index in [1.165, 1.54) is 0 Å². The minimum atomic E-state index is -2.55. The van der Waals surface area contributed by atoms with E-state index in [-0.39, 0.29) is 24.7 Å². The Bertz CT molecular complexity index is 440. The van der Waals surface area contributed by atoms with Crippen molar-refractivity contribution in [1.29, 1.82) is 0 Å². The summed E-state index contributed by atoms with van der Waals surface area (Å²) in [7, 11) is 0. The monoisotopic (exact) mass is 254 g/mol. The first-order valence-electron chi connectivity index (χ1n) is 6.15. The average molecular weight is 254 g/mol. The van der Waals surface area contributed by atoms with Crippen LogP contribution in [0.25, 0.3) is 0 Å². The highest BCUT2D eigenvalue weighted by atomic mass is 19.3. The van der Waals surface area contributed by atoms with Crippen molar-refractivity contribution in [3.05, 3.63) is 23.9 Å². The van der Waals surface area contributed by atoms with E-state index in [4.69, 9.17) is 0 Å². The molecule has 18 heavy (non-hydrogen) atoms. The van der Waals surface area contributed by atoms with Crippen molar-refractivity contribution in [2.75, 3.05) is 5.32 Å². The van der Waals surface area contributed by atoms with Gasteiger partial charge in [0.05, 0.1) is 0 Å². The number of anilines is 1. The standard InChI is InChI=1S/C13H16F2N2O/c1-2-4-11(18)10-5-3-6-12(17-10)16-9-7-13(14,15)8-9/h3,5-6,9H,2,4,7-8H2,1H3,(H,16,17). The van der Waals surface area contributed by atoms with E-state index in [0.717, 1.165) is 6.42 Å². The predicted octanol–water partition coefficient (Wildman–Crippen LogP) is 3.27. The summed E-state index contributed by atoms with van der Waals surface area (Å²) in [6.45, 7) is 1.93. The lowest BCUT2D eigenvalue weighted by atomic mass is 9.88. The predicted molar refractivity (Wildman–Crippen MR) is 65.1 cm³/mol. The number of halogens is 2. The van der Waals surface area contributed by atoms with Gasteiger partial charge in [0.15, 0.2) is 5.78 Å². The molecule has 5 heteroatoms. The zero-order chi connectivity index (χ0) is 13.2. The van der Waals surface area contributed by atoms with Gasteiger partial charge in [0.2, 0.25) is 0 Å². The molecule has 0 aliphatic heterocycles. The largest absolute Gasteiger partial charge is 0.367 e. The lowest BCUT2D eigenvalue weighted by Gasteiger charge is -2.35. The number of carbonyl (C=O) groups excluding carboxylic acids is 1. The van der Waals surface area contributed by atoms with Gasteiger partial charge in [0, 0.05) is 25.3 Å². The Morgan fingerprint density at radius 1 is 1.50 bits per heavy atom. The summed E-state index contributed by atoms with van der Waals surface area (Å²) in [4.78, 5) is 15.8. The Labute approximate surface area is 105 Å². The van der Waals surface area contributed by atoms with Crippen LogP contribution in [0, 0.1) is 0 Å². The van der Waals surface area contributed by atoms with Crippen molar-refractivity contribution in [2.45, 2.75) is 44.6 Å². The second kappa shape index (κ2) is 5.00. The van der Waals surface area contributed by atoms with Crippen molar-refractivity contribution in [2.24, 2.45) is 0 Å². The van der Waals surface area contributed by atoms with Gasteiger partial charge in [-0.25, -0.2) is 13.8 Å². The number of carbonyl (C=O) groups is 1. The Morgan fingerprint density at radius 3 is 2.83 bits per heavy atom. The van der Waals surface area contributed by atoms with Crippen LogP contribution in [0.4, 0.5) is 14.6 Å². The number of pyridine rings is 1. The fourth-order valence-electron chi connectivity index (χ4n) is 2.00. The first-order chi connectivity index (χ1) is 8.50. The molecule has 0 radical (unpaired) electrons. The van der Waals surface area contributed by atoms with Crippen LogP contribution in [0.1, 0.15) is 43.1 Å². The summed E-state index contributed by atoms with van der Waals surface area (Å²) in [6.07, 6.45) is 0.897. The second-order valence-electron chi connectivity index (χ2n) is 4.69. The minimum Gasteiger partial charge on any atom is -0.367 e. The number of alkyl halides is 2. The van der Waals surface area contributed by atoms with Crippen molar-refractivity contribution in [3.63, 3.8) is 0 Å². The smallest absolute Gasteiger partial charge is 0.252 e. The number of hydrogen-bond acceptors (Lipinski definition) is 3. The minimum absolute atomic E-state index is 0.0138. The number of nitrogens with one attached hydrogen (secondary N) is 1. The fraction of sp³-hybridized carbons (Fsp3) is 0.538. The number of aromatic nitrogens is 1. The second-order valence-corrected chi connectivity index (χ2v) is 4.69. The van der Waals surface area contributed by atoms with Gasteiger partial charge in [0.25, 0.3) is 5.92 Å². The molecule has 1 heterocycles. The lowest BCUT2D eigenvalue weighted by molar-refractivity contribution is -0.0794. The van der Waals surface area contributed by atoms with E-state index in [9.17, 15) is 13.6 Å². The zero-order valence-electron chi connectivity index (χ0n) is 10.2. The first kappa shape index (κ1) is 12.9. The quantitative estimate of drug-likeness (QED) is 0.820. The molecule has 1 saturated carbocycles. The van der Waals surface area contributed by atoms with Crippen LogP contribution in [0.15, 0.2) is 18.2 Å². The highest BCUT2D eigenvalue weighted by Gasteiger charge is 2.45. The summed E-state index contributed by atoms with van der Waals surface area (Å²) < 4.78 is 25.4. The van der Waals surface area contributed by atoms with Crippen LogP contribution < -0.4 is 5.32 Å². The molecule has 1 aliphatic carbocycles. The van der Waals surface area contributed by atoms with Crippen LogP contribution in [-0.4, -0.2) is 22.7 Å². The number of hydrogen-bond donors (Lipinski definition) is 1. The first-order valence-corrected chi connectivity index (χ1v) is 6.15. The van der Waals surface area contributed by atoms with Crippen molar-refractivity contribution in [1.82, 2.24) is 4.98 Å². The van der Waals surface area contributed by atoms with Gasteiger partial charge >= 0.3 is 0 Å². The summed E-state index contributed by atoms with van der Waals surface area (Å²) in [5.74, 6) is -2.06. The molecule has 3 nitrogen and oxygen atoms in total. The Hall–Kier alpha value is -1.52. The van der Waals surface area contributed by atoms with Gasteiger partial charge in [-0.05, 0) is 18.6 Å². The van der Waals surface area contributed by atoms with Crippen LogP contribution in [0.5, 0.6) is 0 Å². The van der Waals surface area contributed by atoms with E-state index < -0.39 is 5.92 Å². The van der Waals surface area contributed by atoms with E-state index in [2.05, 4.69) is 10.3 Å². The van der Waals surface area contributed by atoms with Crippen molar-refractivity contribution >= 4 is 11.6 Å². The number of rotatable bonds is 5. The van der Waals surface area contributed by atoms with E-state index in [1.54, 1.807) is 18.2 Å². The maximum Gasteiger partial charge on any atom is 0.252 e. The summed E-state index contributed by atoms with van der Waals surface area (Å²) in [5.41, 5.74) is 0.396. The topological polar surface area (TPSA) is 42.0 Å². The maximum atomic E-state index is 12.7. The van der Waals surface area contributed by atoms with Crippen LogP contribution >= 0.6 is 0 Å². The summed E-state index contributed by atoms with van der Waals surface area (Å²) >= 11 is 0. The fourth-order valence-corrected chi connectivity index (χ4v) is 2.00. The zero-order valence-corrected chi connectivity index (χ0v) is 10.2. The molecule has 1 N–H and O–H groups in total. The molecule has 0 unspecified atom stereocenters. The van der Waals surface area contributed by atoms with Gasteiger partial charge in [-0.1, -0.05) is 13.0 Å². The molecule has 0 bridgehead atoms. The third-order valence-electron chi connectivity index (χ3n) is 2.95. The normalized spacial score (nSPS) is 18.2. The summed E-state index contributed by atoms with van der Waals surface area (Å²) in [6, 6.07) is 4.82. The van der Waals surface area contributed by atoms with E-state index in [0.29, 0.717) is 17.9 Å². The van der Waals surface area contributed by atoms with Crippen molar-refractivity contribution in [3.8, 4) is 0 Å². The van der Waals surface area contributed by atoms with Gasteiger partial charge in [-0.2, -0.15) is 0 Å². The Kier molecular flexibility index (Phi) is 3.59. The molecular weight excluding hydrogens is 238 g/mol. The molecule has 1 aromatic rings. The number of Topliss-reactive ketones (excluding diaryl/α,β-unsaturated/α-hetero) is 1. The molecule has 0 spiro atoms. The van der Waals surface area contributed by atoms with Gasteiger partial charge in [-0.15, -0.1) is 0 Å².